The van der Waals surface area contributed by atoms with E-state index in [1.54, 1.807) is 0 Å². The maximum atomic E-state index is 6.62. The fraction of sp³-hybridized carbons (Fsp3) is 0. The Balaban J connectivity index is 1.90. The third kappa shape index (κ3) is 3.72. The molecule has 4 rings (SSSR count). The lowest BCUT2D eigenvalue weighted by Crippen LogP contribution is -2.68. The topological polar surface area (TPSA) is 18.5 Å². The van der Waals surface area contributed by atoms with Gasteiger partial charge >= 0.3 is 6.55 Å². The SMILES string of the molecule is c1ccc(O[B-](Oc2ccccc2)(c2ccccc2)c2ccccc2)cc1. The largest absolute Gasteiger partial charge is 0.676 e. The zero-order chi connectivity index (χ0) is 18.4. The standard InChI is InChI=1S/C24H20BO2/c1-5-13-21(14-6-1)25(22-15-7-2-8-16-22,26-23-17-9-3-10-18-23)27-24-19-11-4-12-20-24/h1-20H/q-1. The van der Waals surface area contributed by atoms with Gasteiger partial charge in [-0.3, -0.25) is 0 Å². The fourth-order valence-electron chi connectivity index (χ4n) is 3.28. The van der Waals surface area contributed by atoms with Gasteiger partial charge in [-0.1, -0.05) is 97.1 Å². The van der Waals surface area contributed by atoms with Crippen molar-refractivity contribution in [2.24, 2.45) is 0 Å². The van der Waals surface area contributed by atoms with Crippen LogP contribution in [-0.2, 0) is 0 Å². The molecule has 0 bridgehead atoms. The maximum absolute atomic E-state index is 6.62. The normalized spacial score (nSPS) is 11.0. The summed E-state index contributed by atoms with van der Waals surface area (Å²) in [5.41, 5.74) is 1.97. The van der Waals surface area contributed by atoms with E-state index in [1.165, 1.54) is 0 Å². The van der Waals surface area contributed by atoms with Gasteiger partial charge in [-0.25, -0.2) is 0 Å². The van der Waals surface area contributed by atoms with Crippen LogP contribution in [0.4, 0.5) is 0 Å². The molecule has 0 saturated carbocycles. The lowest BCUT2D eigenvalue weighted by molar-refractivity contribution is 0.417. The van der Waals surface area contributed by atoms with E-state index < -0.39 is 6.55 Å². The molecule has 0 spiro atoms. The zero-order valence-electron chi connectivity index (χ0n) is 14.9. The number of benzene rings is 4. The van der Waals surface area contributed by atoms with Crippen molar-refractivity contribution in [3.63, 3.8) is 0 Å². The van der Waals surface area contributed by atoms with Gasteiger partial charge in [0, 0.05) is 0 Å². The number of hydrogen-bond donors (Lipinski definition) is 0. The van der Waals surface area contributed by atoms with Crippen LogP contribution in [0, 0.1) is 0 Å². The minimum absolute atomic E-state index is 0.765. The van der Waals surface area contributed by atoms with Gasteiger partial charge in [0.05, 0.1) is 11.5 Å². The molecule has 0 unspecified atom stereocenters. The summed E-state index contributed by atoms with van der Waals surface area (Å²) in [6.45, 7) is -1.97. The Labute approximate surface area is 160 Å². The van der Waals surface area contributed by atoms with E-state index in [1.807, 2.05) is 97.1 Å². The number of hydrogen-bond acceptors (Lipinski definition) is 2. The summed E-state index contributed by atoms with van der Waals surface area (Å²) in [6, 6.07) is 39.9. The molecule has 0 amide bonds. The lowest BCUT2D eigenvalue weighted by atomic mass is 9.46. The molecule has 0 aromatic heterocycles. The molecular formula is C24H20BO2-. The summed E-state index contributed by atoms with van der Waals surface area (Å²) in [5, 5.41) is 0. The van der Waals surface area contributed by atoms with Crippen LogP contribution in [0.15, 0.2) is 121 Å². The Morgan fingerprint density at radius 1 is 0.370 bits per heavy atom. The average Bonchev–Trinajstić information content (AvgIpc) is 2.76. The molecular weight excluding hydrogens is 331 g/mol. The molecule has 0 heterocycles. The highest BCUT2D eigenvalue weighted by Crippen LogP contribution is 2.21. The van der Waals surface area contributed by atoms with Gasteiger partial charge in [0.15, 0.2) is 0 Å². The van der Waals surface area contributed by atoms with Crippen LogP contribution in [0.2, 0.25) is 0 Å². The minimum atomic E-state index is -1.97. The van der Waals surface area contributed by atoms with Crippen molar-refractivity contribution in [3.8, 4) is 11.5 Å². The van der Waals surface area contributed by atoms with Crippen molar-refractivity contribution in [1.29, 1.82) is 0 Å². The molecule has 0 aliphatic rings. The predicted octanol–water partition coefficient (Wildman–Crippen LogP) is 4.40. The second-order valence-corrected chi connectivity index (χ2v) is 6.40. The van der Waals surface area contributed by atoms with Crippen molar-refractivity contribution in [1.82, 2.24) is 0 Å². The van der Waals surface area contributed by atoms with Gasteiger partial charge in [0.25, 0.3) is 0 Å². The summed E-state index contributed by atoms with van der Waals surface area (Å²) in [7, 11) is 0. The van der Waals surface area contributed by atoms with E-state index in [0.29, 0.717) is 0 Å². The molecule has 4 aromatic carbocycles. The maximum Gasteiger partial charge on any atom is 0.406 e. The Morgan fingerprint density at radius 2 is 0.667 bits per heavy atom. The van der Waals surface area contributed by atoms with Crippen molar-refractivity contribution < 1.29 is 9.31 Å². The van der Waals surface area contributed by atoms with Crippen molar-refractivity contribution >= 4 is 17.5 Å². The summed E-state index contributed by atoms with van der Waals surface area (Å²) < 4.78 is 13.2. The fourth-order valence-corrected chi connectivity index (χ4v) is 3.28. The molecule has 2 nitrogen and oxygen atoms in total. The summed E-state index contributed by atoms with van der Waals surface area (Å²) >= 11 is 0. The van der Waals surface area contributed by atoms with Gasteiger partial charge < -0.3 is 9.31 Å². The Kier molecular flexibility index (Phi) is 4.93. The molecule has 27 heavy (non-hydrogen) atoms. The van der Waals surface area contributed by atoms with E-state index in [4.69, 9.17) is 9.31 Å². The Hall–Kier alpha value is -3.46. The molecule has 132 valence electrons. The lowest BCUT2D eigenvalue weighted by Gasteiger charge is -2.44. The number of rotatable bonds is 6. The summed E-state index contributed by atoms with van der Waals surface area (Å²) in [6.07, 6.45) is 0. The first-order chi connectivity index (χ1) is 13.4. The van der Waals surface area contributed by atoms with Gasteiger partial charge in [0.2, 0.25) is 0 Å². The molecule has 4 aromatic rings. The predicted molar refractivity (Wildman–Crippen MR) is 112 cm³/mol. The van der Waals surface area contributed by atoms with Crippen molar-refractivity contribution in [3.05, 3.63) is 121 Å². The second-order valence-electron chi connectivity index (χ2n) is 6.40. The summed E-state index contributed by atoms with van der Waals surface area (Å²) in [4.78, 5) is 0. The quantitative estimate of drug-likeness (QED) is 0.480. The molecule has 0 aliphatic heterocycles. The number of para-hydroxylation sites is 2. The van der Waals surface area contributed by atoms with E-state index in [-0.39, 0.29) is 0 Å². The van der Waals surface area contributed by atoms with Crippen LogP contribution in [0.25, 0.3) is 0 Å². The highest BCUT2D eigenvalue weighted by atomic mass is 16.6. The Bertz CT molecular complexity index is 875. The van der Waals surface area contributed by atoms with Gasteiger partial charge in [-0.15, -0.1) is 10.9 Å². The van der Waals surface area contributed by atoms with Crippen LogP contribution in [0.5, 0.6) is 11.5 Å². The molecule has 0 aliphatic carbocycles. The molecule has 3 heteroatoms. The first-order valence-corrected chi connectivity index (χ1v) is 9.10. The molecule has 0 radical (unpaired) electrons. The Morgan fingerprint density at radius 3 is 1.00 bits per heavy atom. The molecule has 0 fully saturated rings. The molecule has 0 saturated heterocycles. The minimum Gasteiger partial charge on any atom is -0.676 e. The summed E-state index contributed by atoms with van der Waals surface area (Å²) in [5.74, 6) is 1.53. The highest BCUT2D eigenvalue weighted by molar-refractivity contribution is 6.93. The van der Waals surface area contributed by atoms with Gasteiger partial charge in [-0.05, 0) is 24.3 Å². The van der Waals surface area contributed by atoms with E-state index in [9.17, 15) is 0 Å². The average molecular weight is 351 g/mol. The van der Waals surface area contributed by atoms with E-state index in [2.05, 4.69) is 24.3 Å². The molecule has 0 atom stereocenters. The first kappa shape index (κ1) is 17.0. The molecule has 0 N–H and O–H groups in total. The highest BCUT2D eigenvalue weighted by Gasteiger charge is 2.35. The third-order valence-electron chi connectivity index (χ3n) is 4.57. The van der Waals surface area contributed by atoms with Gasteiger partial charge in [-0.2, -0.15) is 0 Å². The van der Waals surface area contributed by atoms with Crippen molar-refractivity contribution in [2.45, 2.75) is 0 Å². The zero-order valence-corrected chi connectivity index (χ0v) is 14.9. The van der Waals surface area contributed by atoms with Crippen LogP contribution >= 0.6 is 0 Å². The van der Waals surface area contributed by atoms with Gasteiger partial charge in [0.1, 0.15) is 0 Å². The van der Waals surface area contributed by atoms with E-state index >= 15 is 0 Å². The van der Waals surface area contributed by atoms with Crippen LogP contribution < -0.4 is 20.2 Å². The monoisotopic (exact) mass is 351 g/mol. The van der Waals surface area contributed by atoms with Crippen LogP contribution in [0.3, 0.4) is 0 Å². The van der Waals surface area contributed by atoms with E-state index in [0.717, 1.165) is 22.4 Å². The second kappa shape index (κ2) is 7.84. The van der Waals surface area contributed by atoms with Crippen LogP contribution in [0.1, 0.15) is 0 Å². The van der Waals surface area contributed by atoms with Crippen molar-refractivity contribution in [2.75, 3.05) is 0 Å². The van der Waals surface area contributed by atoms with Crippen LogP contribution in [-0.4, -0.2) is 6.55 Å². The third-order valence-corrected chi connectivity index (χ3v) is 4.57. The first-order valence-electron chi connectivity index (χ1n) is 9.10. The smallest absolute Gasteiger partial charge is 0.406 e.